The molecule has 0 aliphatic heterocycles. The summed E-state index contributed by atoms with van der Waals surface area (Å²) in [5.74, 6) is 0.564. The van der Waals surface area contributed by atoms with E-state index in [0.717, 1.165) is 5.69 Å². The monoisotopic (exact) mass is 287 g/mol. The predicted molar refractivity (Wildman–Crippen MR) is 74.0 cm³/mol. The molecule has 2 heterocycles. The number of anilines is 1. The van der Waals surface area contributed by atoms with Crippen molar-refractivity contribution in [2.75, 3.05) is 5.32 Å². The van der Waals surface area contributed by atoms with Gasteiger partial charge < -0.3 is 15.5 Å². The number of nitrogens with two attached hydrogens (primary N) is 1. The maximum absolute atomic E-state index is 11.5. The Morgan fingerprint density at radius 2 is 2.44 bits per heavy atom. The van der Waals surface area contributed by atoms with E-state index in [2.05, 4.69) is 10.3 Å². The lowest BCUT2D eigenvalue weighted by atomic mass is 10.2. The van der Waals surface area contributed by atoms with E-state index < -0.39 is 0 Å². The summed E-state index contributed by atoms with van der Waals surface area (Å²) >= 11 is 1.36. The molecule has 2 rings (SSSR count). The molecule has 3 N–H and O–H groups in total. The highest BCUT2D eigenvalue weighted by Crippen LogP contribution is 2.25. The van der Waals surface area contributed by atoms with Crippen LogP contribution in [0.1, 0.15) is 13.3 Å². The SMILES string of the molecule is CC(N)CC(=O)Nc1nc(-c2ccco2)cs1.Cl. The van der Waals surface area contributed by atoms with Crippen molar-refractivity contribution < 1.29 is 9.21 Å². The topological polar surface area (TPSA) is 81.2 Å². The Morgan fingerprint density at radius 3 is 3.06 bits per heavy atom. The van der Waals surface area contributed by atoms with Crippen molar-refractivity contribution in [2.24, 2.45) is 5.73 Å². The standard InChI is InChI=1S/C11H13N3O2S.ClH/c1-7(12)5-10(15)14-11-13-8(6-17-11)9-3-2-4-16-9;/h2-4,6-7H,5,12H2,1H3,(H,13,14,15);1H. The quantitative estimate of drug-likeness (QED) is 0.905. The van der Waals surface area contributed by atoms with Gasteiger partial charge in [0.15, 0.2) is 10.9 Å². The largest absolute Gasteiger partial charge is 0.463 e. The van der Waals surface area contributed by atoms with Crippen molar-refractivity contribution in [1.82, 2.24) is 4.98 Å². The molecule has 1 atom stereocenters. The minimum absolute atomic E-state index is 0. The van der Waals surface area contributed by atoms with E-state index in [0.29, 0.717) is 10.9 Å². The molecule has 0 aromatic carbocycles. The number of halogens is 1. The summed E-state index contributed by atoms with van der Waals surface area (Å²) in [6.07, 6.45) is 1.87. The van der Waals surface area contributed by atoms with E-state index in [1.807, 2.05) is 11.4 Å². The molecule has 0 aliphatic rings. The minimum atomic E-state index is -0.153. The lowest BCUT2D eigenvalue weighted by Crippen LogP contribution is -2.23. The van der Waals surface area contributed by atoms with Crippen LogP contribution >= 0.6 is 23.7 Å². The molecule has 0 spiro atoms. The molecule has 7 heteroatoms. The molecule has 18 heavy (non-hydrogen) atoms. The van der Waals surface area contributed by atoms with Crippen LogP contribution in [0.15, 0.2) is 28.2 Å². The average molecular weight is 288 g/mol. The highest BCUT2D eigenvalue weighted by Gasteiger charge is 2.10. The van der Waals surface area contributed by atoms with Gasteiger partial charge in [-0.05, 0) is 19.1 Å². The van der Waals surface area contributed by atoms with E-state index >= 15 is 0 Å². The van der Waals surface area contributed by atoms with Gasteiger partial charge in [-0.1, -0.05) is 0 Å². The van der Waals surface area contributed by atoms with Crippen molar-refractivity contribution in [3.05, 3.63) is 23.8 Å². The Balaban J connectivity index is 0.00000162. The molecule has 1 amide bonds. The second-order valence-electron chi connectivity index (χ2n) is 3.74. The summed E-state index contributed by atoms with van der Waals surface area (Å²) in [6, 6.07) is 3.46. The summed E-state index contributed by atoms with van der Waals surface area (Å²) in [4.78, 5) is 15.7. The number of thiazole rings is 1. The van der Waals surface area contributed by atoms with E-state index in [1.54, 1.807) is 19.3 Å². The van der Waals surface area contributed by atoms with Gasteiger partial charge in [-0.3, -0.25) is 4.79 Å². The number of nitrogens with zero attached hydrogens (tertiary/aromatic N) is 1. The maximum atomic E-state index is 11.5. The van der Waals surface area contributed by atoms with Crippen LogP contribution in [-0.4, -0.2) is 16.9 Å². The molecule has 2 aromatic heterocycles. The summed E-state index contributed by atoms with van der Waals surface area (Å²) in [5, 5.41) is 5.09. The molecule has 5 nitrogen and oxygen atoms in total. The van der Waals surface area contributed by atoms with Crippen molar-refractivity contribution in [2.45, 2.75) is 19.4 Å². The van der Waals surface area contributed by atoms with Crippen LogP contribution in [0.4, 0.5) is 5.13 Å². The van der Waals surface area contributed by atoms with E-state index in [9.17, 15) is 4.79 Å². The van der Waals surface area contributed by atoms with Crippen LogP contribution in [0.2, 0.25) is 0 Å². The lowest BCUT2D eigenvalue weighted by molar-refractivity contribution is -0.116. The van der Waals surface area contributed by atoms with Crippen LogP contribution in [0.3, 0.4) is 0 Å². The Morgan fingerprint density at radius 1 is 1.67 bits per heavy atom. The molecule has 0 fully saturated rings. The minimum Gasteiger partial charge on any atom is -0.463 e. The molecule has 2 aromatic rings. The van der Waals surface area contributed by atoms with Gasteiger partial charge in [0.2, 0.25) is 5.91 Å². The van der Waals surface area contributed by atoms with Gasteiger partial charge in [-0.2, -0.15) is 0 Å². The fourth-order valence-corrected chi connectivity index (χ4v) is 2.05. The Labute approximate surface area is 115 Å². The number of carbonyl (C=O) groups is 1. The van der Waals surface area contributed by atoms with Crippen LogP contribution < -0.4 is 11.1 Å². The number of nitrogens with one attached hydrogen (secondary N) is 1. The first-order valence-electron chi connectivity index (χ1n) is 5.20. The third kappa shape index (κ3) is 3.83. The van der Waals surface area contributed by atoms with Gasteiger partial charge in [-0.25, -0.2) is 4.98 Å². The number of rotatable bonds is 4. The lowest BCUT2D eigenvalue weighted by Gasteiger charge is -2.03. The van der Waals surface area contributed by atoms with Gasteiger partial charge in [-0.15, -0.1) is 23.7 Å². The predicted octanol–water partition coefficient (Wildman–Crippen LogP) is 2.50. The van der Waals surface area contributed by atoms with Crippen LogP contribution in [0, 0.1) is 0 Å². The third-order valence-corrected chi connectivity index (χ3v) is 2.79. The average Bonchev–Trinajstić information content (AvgIpc) is 2.84. The van der Waals surface area contributed by atoms with Crippen molar-refractivity contribution in [3.63, 3.8) is 0 Å². The Hall–Kier alpha value is -1.37. The number of hydrogen-bond acceptors (Lipinski definition) is 5. The zero-order chi connectivity index (χ0) is 12.3. The van der Waals surface area contributed by atoms with Crippen molar-refractivity contribution >= 4 is 34.8 Å². The second kappa shape index (κ2) is 6.53. The van der Waals surface area contributed by atoms with E-state index in [4.69, 9.17) is 10.2 Å². The Bertz CT molecular complexity index is 496. The van der Waals surface area contributed by atoms with Crippen molar-refractivity contribution in [3.8, 4) is 11.5 Å². The summed E-state index contributed by atoms with van der Waals surface area (Å²) in [6.45, 7) is 1.79. The molecule has 0 saturated carbocycles. The van der Waals surface area contributed by atoms with Crippen LogP contribution in [-0.2, 0) is 4.79 Å². The van der Waals surface area contributed by atoms with E-state index in [-0.39, 0.29) is 30.8 Å². The first-order chi connectivity index (χ1) is 8.15. The van der Waals surface area contributed by atoms with Gasteiger partial charge in [0.1, 0.15) is 5.69 Å². The first-order valence-corrected chi connectivity index (χ1v) is 6.08. The molecule has 0 saturated heterocycles. The molecule has 0 bridgehead atoms. The summed E-state index contributed by atoms with van der Waals surface area (Å²) in [5.41, 5.74) is 6.26. The van der Waals surface area contributed by atoms with Gasteiger partial charge in [0.05, 0.1) is 6.26 Å². The molecular formula is C11H14ClN3O2S. The normalized spacial score (nSPS) is 11.7. The smallest absolute Gasteiger partial charge is 0.227 e. The second-order valence-corrected chi connectivity index (χ2v) is 4.60. The molecular weight excluding hydrogens is 274 g/mol. The summed E-state index contributed by atoms with van der Waals surface area (Å²) in [7, 11) is 0. The van der Waals surface area contributed by atoms with Gasteiger partial charge in [0.25, 0.3) is 0 Å². The van der Waals surface area contributed by atoms with Crippen molar-refractivity contribution in [1.29, 1.82) is 0 Å². The highest BCUT2D eigenvalue weighted by molar-refractivity contribution is 7.14. The van der Waals surface area contributed by atoms with Crippen LogP contribution in [0.5, 0.6) is 0 Å². The molecule has 1 unspecified atom stereocenters. The fraction of sp³-hybridized carbons (Fsp3) is 0.273. The van der Waals surface area contributed by atoms with E-state index in [1.165, 1.54) is 11.3 Å². The van der Waals surface area contributed by atoms with Gasteiger partial charge >= 0.3 is 0 Å². The number of carbonyl (C=O) groups excluding carboxylic acids is 1. The zero-order valence-electron chi connectivity index (χ0n) is 9.75. The fourth-order valence-electron chi connectivity index (χ4n) is 1.33. The van der Waals surface area contributed by atoms with Crippen LogP contribution in [0.25, 0.3) is 11.5 Å². The number of aromatic nitrogens is 1. The highest BCUT2D eigenvalue weighted by atomic mass is 35.5. The third-order valence-electron chi connectivity index (χ3n) is 2.03. The number of amides is 1. The summed E-state index contributed by atoms with van der Waals surface area (Å²) < 4.78 is 5.21. The molecule has 0 aliphatic carbocycles. The Kier molecular flexibility index (Phi) is 5.33. The number of furan rings is 1. The number of hydrogen-bond donors (Lipinski definition) is 2. The molecule has 98 valence electrons. The first kappa shape index (κ1) is 14.7. The maximum Gasteiger partial charge on any atom is 0.227 e. The van der Waals surface area contributed by atoms with Gasteiger partial charge in [0, 0.05) is 17.8 Å². The zero-order valence-corrected chi connectivity index (χ0v) is 11.4. The molecule has 0 radical (unpaired) electrons.